The number of hydrogen-bond acceptors (Lipinski definition) is 3. The highest BCUT2D eigenvalue weighted by Crippen LogP contribution is 2.54. The van der Waals surface area contributed by atoms with Gasteiger partial charge in [-0.1, -0.05) is 27.7 Å². The summed E-state index contributed by atoms with van der Waals surface area (Å²) in [6.45, 7) is 13.6. The molecule has 18 heavy (non-hydrogen) atoms. The van der Waals surface area contributed by atoms with Crippen molar-refractivity contribution in [1.29, 1.82) is 0 Å². The molecule has 0 atom stereocenters. The summed E-state index contributed by atoms with van der Waals surface area (Å²) in [7, 11) is 0. The first kappa shape index (κ1) is 12.9. The largest absolute Gasteiger partial charge is 0.392 e. The lowest BCUT2D eigenvalue weighted by molar-refractivity contribution is -0.270. The fraction of sp³-hybridized carbons (Fsp3) is 1.00. The van der Waals surface area contributed by atoms with Crippen LogP contribution in [0.5, 0.6) is 0 Å². The van der Waals surface area contributed by atoms with Gasteiger partial charge in [0, 0.05) is 37.0 Å². The second-order valence-electron chi connectivity index (χ2n) is 7.30. The molecule has 4 bridgehead atoms. The zero-order valence-corrected chi connectivity index (χ0v) is 12.3. The Morgan fingerprint density at radius 2 is 1.39 bits per heavy atom. The monoisotopic (exact) mass is 252 g/mol. The van der Waals surface area contributed by atoms with E-state index >= 15 is 0 Å². The third-order valence-electron chi connectivity index (χ3n) is 5.98. The van der Waals surface area contributed by atoms with Gasteiger partial charge in [0.2, 0.25) is 0 Å². The van der Waals surface area contributed by atoms with E-state index in [4.69, 9.17) is 0 Å². The molecule has 4 aliphatic heterocycles. The highest BCUT2D eigenvalue weighted by atomic mass is 16.3. The van der Waals surface area contributed by atoms with Crippen molar-refractivity contribution in [2.45, 2.75) is 52.8 Å². The Morgan fingerprint density at radius 3 is 1.67 bits per heavy atom. The van der Waals surface area contributed by atoms with Crippen LogP contribution in [0.4, 0.5) is 0 Å². The maximum absolute atomic E-state index is 10.9. The van der Waals surface area contributed by atoms with E-state index in [1.165, 1.54) is 0 Å². The van der Waals surface area contributed by atoms with Crippen molar-refractivity contribution in [3.05, 3.63) is 0 Å². The zero-order valence-electron chi connectivity index (χ0n) is 12.3. The molecule has 0 radical (unpaired) electrons. The van der Waals surface area contributed by atoms with E-state index in [1.54, 1.807) is 0 Å². The van der Waals surface area contributed by atoms with Crippen molar-refractivity contribution < 1.29 is 5.11 Å². The van der Waals surface area contributed by atoms with Gasteiger partial charge < -0.3 is 5.11 Å². The van der Waals surface area contributed by atoms with Crippen LogP contribution in [0.25, 0.3) is 0 Å². The number of hydrogen-bond donors (Lipinski definition) is 1. The lowest BCUT2D eigenvalue weighted by atomic mass is 9.57. The molecule has 1 N–H and O–H groups in total. The SMILES string of the molecule is CCC12CN3CC(CC)(CN(C1)C3C(C)C)C2O. The van der Waals surface area contributed by atoms with Crippen LogP contribution in [0.3, 0.4) is 0 Å². The highest BCUT2D eigenvalue weighted by Gasteiger charge is 2.64. The summed E-state index contributed by atoms with van der Waals surface area (Å²) in [6, 6.07) is 0. The van der Waals surface area contributed by atoms with Gasteiger partial charge in [-0.15, -0.1) is 0 Å². The maximum atomic E-state index is 10.9. The molecule has 0 aromatic rings. The van der Waals surface area contributed by atoms with Gasteiger partial charge in [-0.2, -0.15) is 0 Å². The minimum absolute atomic E-state index is 0.0967. The van der Waals surface area contributed by atoms with Gasteiger partial charge in [-0.3, -0.25) is 9.80 Å². The first-order valence-electron chi connectivity index (χ1n) is 7.64. The summed E-state index contributed by atoms with van der Waals surface area (Å²) in [5, 5.41) is 10.9. The van der Waals surface area contributed by atoms with Crippen LogP contribution in [0.2, 0.25) is 0 Å². The molecule has 0 aromatic heterocycles. The number of nitrogens with zero attached hydrogens (tertiary/aromatic N) is 2. The molecule has 0 amide bonds. The van der Waals surface area contributed by atoms with Crippen molar-refractivity contribution >= 4 is 0 Å². The van der Waals surface area contributed by atoms with E-state index in [9.17, 15) is 5.11 Å². The second-order valence-corrected chi connectivity index (χ2v) is 7.30. The van der Waals surface area contributed by atoms with Crippen LogP contribution in [0, 0.1) is 16.7 Å². The molecule has 0 aliphatic carbocycles. The summed E-state index contributed by atoms with van der Waals surface area (Å²) >= 11 is 0. The van der Waals surface area contributed by atoms with Gasteiger partial charge in [0.25, 0.3) is 0 Å². The number of aliphatic hydroxyl groups excluding tert-OH is 1. The van der Waals surface area contributed by atoms with Crippen LogP contribution in [0.1, 0.15) is 40.5 Å². The van der Waals surface area contributed by atoms with E-state index < -0.39 is 0 Å². The van der Waals surface area contributed by atoms with Gasteiger partial charge in [0.1, 0.15) is 0 Å². The van der Waals surface area contributed by atoms with Crippen LogP contribution >= 0.6 is 0 Å². The molecule has 4 rings (SSSR count). The smallest absolute Gasteiger partial charge is 0.0701 e. The van der Waals surface area contributed by atoms with Crippen molar-refractivity contribution in [3.63, 3.8) is 0 Å². The Balaban J connectivity index is 1.99. The molecule has 3 nitrogen and oxygen atoms in total. The number of piperidine rings is 2. The number of aliphatic hydroxyl groups is 1. The average molecular weight is 252 g/mol. The first-order chi connectivity index (χ1) is 8.48. The van der Waals surface area contributed by atoms with E-state index in [0.717, 1.165) is 39.0 Å². The lowest BCUT2D eigenvalue weighted by Crippen LogP contribution is -2.81. The Morgan fingerprint density at radius 1 is 1.00 bits per heavy atom. The topological polar surface area (TPSA) is 26.7 Å². The van der Waals surface area contributed by atoms with Gasteiger partial charge >= 0.3 is 0 Å². The van der Waals surface area contributed by atoms with Gasteiger partial charge in [-0.05, 0) is 18.8 Å². The minimum Gasteiger partial charge on any atom is -0.392 e. The molecule has 4 heterocycles. The third-order valence-corrected chi connectivity index (χ3v) is 5.98. The van der Waals surface area contributed by atoms with Gasteiger partial charge in [0.15, 0.2) is 0 Å². The molecule has 4 saturated heterocycles. The normalized spacial score (nSPS) is 54.3. The Hall–Kier alpha value is -0.120. The van der Waals surface area contributed by atoms with Crippen molar-refractivity contribution in [2.75, 3.05) is 26.2 Å². The van der Waals surface area contributed by atoms with Crippen LogP contribution in [0.15, 0.2) is 0 Å². The van der Waals surface area contributed by atoms with Crippen molar-refractivity contribution in [1.82, 2.24) is 9.80 Å². The predicted octanol–water partition coefficient (Wildman–Crippen LogP) is 1.77. The first-order valence-corrected chi connectivity index (χ1v) is 7.64. The highest BCUT2D eigenvalue weighted by molar-refractivity contribution is 5.15. The molecule has 104 valence electrons. The van der Waals surface area contributed by atoms with Gasteiger partial charge in [0.05, 0.1) is 12.3 Å². The molecule has 0 aromatic carbocycles. The quantitative estimate of drug-likeness (QED) is 0.829. The van der Waals surface area contributed by atoms with Crippen LogP contribution in [-0.2, 0) is 0 Å². The Bertz CT molecular complexity index is 301. The van der Waals surface area contributed by atoms with E-state index in [1.807, 2.05) is 0 Å². The van der Waals surface area contributed by atoms with E-state index in [2.05, 4.69) is 37.5 Å². The Kier molecular flexibility index (Phi) is 2.82. The summed E-state index contributed by atoms with van der Waals surface area (Å²) < 4.78 is 0. The molecule has 0 spiro atoms. The van der Waals surface area contributed by atoms with E-state index in [0.29, 0.717) is 12.1 Å². The fourth-order valence-electron chi connectivity index (χ4n) is 5.11. The molecular formula is C15H28N2O. The van der Waals surface area contributed by atoms with E-state index in [-0.39, 0.29) is 16.9 Å². The lowest BCUT2D eigenvalue weighted by Gasteiger charge is -2.70. The molecule has 0 saturated carbocycles. The molecule has 4 fully saturated rings. The summed E-state index contributed by atoms with van der Waals surface area (Å²) in [5.74, 6) is 0.685. The second kappa shape index (κ2) is 3.94. The molecule has 0 unspecified atom stereocenters. The predicted molar refractivity (Wildman–Crippen MR) is 73.2 cm³/mol. The molecule has 3 heteroatoms. The maximum Gasteiger partial charge on any atom is 0.0701 e. The van der Waals surface area contributed by atoms with Crippen molar-refractivity contribution in [2.24, 2.45) is 16.7 Å². The summed E-state index contributed by atoms with van der Waals surface area (Å²) in [4.78, 5) is 5.33. The van der Waals surface area contributed by atoms with Crippen LogP contribution in [-0.4, -0.2) is 53.4 Å². The molecular weight excluding hydrogens is 224 g/mol. The van der Waals surface area contributed by atoms with Crippen LogP contribution < -0.4 is 0 Å². The van der Waals surface area contributed by atoms with Crippen molar-refractivity contribution in [3.8, 4) is 0 Å². The fourth-order valence-corrected chi connectivity index (χ4v) is 5.11. The third kappa shape index (κ3) is 1.41. The average Bonchev–Trinajstić information content (AvgIpc) is 2.33. The number of rotatable bonds is 3. The Labute approximate surface area is 111 Å². The standard InChI is InChI=1S/C15H28N2O/c1-5-14-7-16-9-15(6-2,13(14)18)10-17(8-14)12(16)11(3)4/h11-13,18H,5-10H2,1-4H3. The molecule has 4 aliphatic rings. The summed E-state index contributed by atoms with van der Waals surface area (Å²) in [5.41, 5.74) is 0.274. The zero-order chi connectivity index (χ0) is 13.1. The minimum atomic E-state index is -0.0967. The summed E-state index contributed by atoms with van der Waals surface area (Å²) in [6.07, 6.45) is 2.72. The van der Waals surface area contributed by atoms with Gasteiger partial charge in [-0.25, -0.2) is 0 Å².